The Kier molecular flexibility index (Phi) is 4.05. The summed E-state index contributed by atoms with van der Waals surface area (Å²) in [6.07, 6.45) is 0. The predicted molar refractivity (Wildman–Crippen MR) is 79.2 cm³/mol. The van der Waals surface area contributed by atoms with Crippen LogP contribution in [0.1, 0.15) is 11.1 Å². The third-order valence-electron chi connectivity index (χ3n) is 2.89. The van der Waals surface area contributed by atoms with Crippen molar-refractivity contribution in [2.75, 3.05) is 0 Å². The minimum atomic E-state index is 0.329. The van der Waals surface area contributed by atoms with Crippen LogP contribution in [0.25, 0.3) is 10.8 Å². The van der Waals surface area contributed by atoms with Crippen molar-refractivity contribution in [3.63, 3.8) is 0 Å². The fourth-order valence-corrected chi connectivity index (χ4v) is 1.80. The van der Waals surface area contributed by atoms with Gasteiger partial charge in [0.2, 0.25) is 0 Å². The Hall–Kier alpha value is -2.46. The molecule has 0 radical (unpaired) electrons. The topological polar surface area (TPSA) is 20.2 Å². The molecule has 0 heterocycles. The number of aromatic hydroxyl groups is 1. The van der Waals surface area contributed by atoms with Gasteiger partial charge < -0.3 is 5.11 Å². The number of aryl methyl sites for hydroxylation is 2. The van der Waals surface area contributed by atoms with Crippen LogP contribution in [0.2, 0.25) is 0 Å². The van der Waals surface area contributed by atoms with E-state index in [1.165, 1.54) is 21.9 Å². The van der Waals surface area contributed by atoms with Crippen LogP contribution >= 0.6 is 0 Å². The molecule has 0 saturated carbocycles. The van der Waals surface area contributed by atoms with E-state index in [-0.39, 0.29) is 0 Å². The average Bonchev–Trinajstić information content (AvgIpc) is 2.44. The van der Waals surface area contributed by atoms with E-state index in [2.05, 4.69) is 31.2 Å². The van der Waals surface area contributed by atoms with Crippen LogP contribution in [0.15, 0.2) is 54.6 Å². The summed E-state index contributed by atoms with van der Waals surface area (Å²) in [5.74, 6) is 0.329. The number of phenols is 1. The largest absolute Gasteiger partial charge is 0.508 e. The summed E-state index contributed by atoms with van der Waals surface area (Å²) in [7, 11) is 0. The molecule has 0 fully saturated rings. The molecule has 0 bridgehead atoms. The highest BCUT2D eigenvalue weighted by molar-refractivity contribution is 5.84. The Bertz CT molecular complexity index is 628. The molecular formula is C18H16O. The standard InChI is InChI=1S/C11H8.C7H8O/c1-9-5-4-7-10-6-2-3-8-11(9)10;1-6-2-4-7(8)5-3-6/h2-3,6-8H,1H3;2-5,8H,1H3. The highest BCUT2D eigenvalue weighted by Gasteiger charge is 1.91. The summed E-state index contributed by atoms with van der Waals surface area (Å²) in [5.41, 5.74) is 2.34. The van der Waals surface area contributed by atoms with E-state index in [9.17, 15) is 0 Å². The molecule has 0 unspecified atom stereocenters. The van der Waals surface area contributed by atoms with Crippen LogP contribution in [0.3, 0.4) is 0 Å². The summed E-state index contributed by atoms with van der Waals surface area (Å²) in [6.45, 7) is 4.04. The fraction of sp³-hybridized carbons (Fsp3) is 0.111. The first-order valence-electron chi connectivity index (χ1n) is 6.20. The smallest absolute Gasteiger partial charge is 0.115 e. The Morgan fingerprint density at radius 1 is 0.895 bits per heavy atom. The van der Waals surface area contributed by atoms with E-state index in [1.807, 2.05) is 37.3 Å². The Labute approximate surface area is 114 Å². The molecule has 0 aliphatic heterocycles. The lowest BCUT2D eigenvalue weighted by Crippen LogP contribution is -1.73. The highest BCUT2D eigenvalue weighted by atomic mass is 16.3. The quantitative estimate of drug-likeness (QED) is 0.623. The second-order valence-electron chi connectivity index (χ2n) is 4.46. The Morgan fingerprint density at radius 2 is 1.58 bits per heavy atom. The lowest BCUT2D eigenvalue weighted by atomic mass is 10.1. The van der Waals surface area contributed by atoms with Crippen molar-refractivity contribution in [2.24, 2.45) is 0 Å². The molecule has 0 amide bonds. The SMILES string of the molecule is Cc1c#ccc2ccccc12.Cc1ccc(O)cc1. The van der Waals surface area contributed by atoms with Crippen molar-refractivity contribution in [2.45, 2.75) is 13.8 Å². The third-order valence-corrected chi connectivity index (χ3v) is 2.89. The van der Waals surface area contributed by atoms with Crippen LogP contribution in [0.5, 0.6) is 5.75 Å². The summed E-state index contributed by atoms with van der Waals surface area (Å²) < 4.78 is 0. The van der Waals surface area contributed by atoms with Crippen LogP contribution < -0.4 is 0 Å². The molecule has 19 heavy (non-hydrogen) atoms. The number of hydrogen-bond acceptors (Lipinski definition) is 1. The van der Waals surface area contributed by atoms with Gasteiger partial charge in [-0.05, 0) is 42.8 Å². The van der Waals surface area contributed by atoms with Gasteiger partial charge in [-0.1, -0.05) is 54.1 Å². The lowest BCUT2D eigenvalue weighted by molar-refractivity contribution is 0.475. The van der Waals surface area contributed by atoms with Gasteiger partial charge in [0.15, 0.2) is 0 Å². The number of fused-ring (bicyclic) bond motifs is 1. The minimum absolute atomic E-state index is 0.329. The van der Waals surface area contributed by atoms with Gasteiger partial charge in [-0.25, -0.2) is 0 Å². The summed E-state index contributed by atoms with van der Waals surface area (Å²) in [6, 6.07) is 23.4. The number of phenolic OH excluding ortho intramolecular Hbond substituents is 1. The second kappa shape index (κ2) is 5.93. The van der Waals surface area contributed by atoms with Gasteiger partial charge >= 0.3 is 0 Å². The molecular weight excluding hydrogens is 232 g/mol. The zero-order valence-corrected chi connectivity index (χ0v) is 11.1. The monoisotopic (exact) mass is 248 g/mol. The second-order valence-corrected chi connectivity index (χ2v) is 4.46. The first-order valence-corrected chi connectivity index (χ1v) is 6.20. The van der Waals surface area contributed by atoms with Crippen molar-refractivity contribution in [1.82, 2.24) is 0 Å². The normalized spacial score (nSPS) is 9.37. The molecule has 0 saturated heterocycles. The number of benzene rings is 2. The molecule has 0 aliphatic rings. The molecule has 1 nitrogen and oxygen atoms in total. The summed E-state index contributed by atoms with van der Waals surface area (Å²) in [5, 5.41) is 11.3. The number of rotatable bonds is 0. The van der Waals surface area contributed by atoms with E-state index in [1.54, 1.807) is 12.1 Å². The lowest BCUT2D eigenvalue weighted by Gasteiger charge is -1.95. The van der Waals surface area contributed by atoms with E-state index >= 15 is 0 Å². The van der Waals surface area contributed by atoms with Crippen LogP contribution in [0, 0.1) is 26.0 Å². The first kappa shape index (κ1) is 13.0. The zero-order valence-electron chi connectivity index (χ0n) is 11.1. The summed E-state index contributed by atoms with van der Waals surface area (Å²) in [4.78, 5) is 0. The van der Waals surface area contributed by atoms with Crippen molar-refractivity contribution in [3.05, 3.63) is 77.9 Å². The molecule has 1 heteroatoms. The predicted octanol–water partition coefficient (Wildman–Crippen LogP) is 4.45. The molecule has 3 aromatic rings. The molecule has 0 aliphatic carbocycles. The molecule has 0 spiro atoms. The molecule has 3 rings (SSSR count). The van der Waals surface area contributed by atoms with Crippen molar-refractivity contribution in [1.29, 1.82) is 0 Å². The maximum absolute atomic E-state index is 8.76. The first-order chi connectivity index (χ1) is 9.16. The highest BCUT2D eigenvalue weighted by Crippen LogP contribution is 2.14. The van der Waals surface area contributed by atoms with Crippen molar-refractivity contribution >= 4 is 10.8 Å². The third kappa shape index (κ3) is 3.50. The molecule has 0 atom stereocenters. The Balaban J connectivity index is 0.000000148. The Morgan fingerprint density at radius 3 is 2.21 bits per heavy atom. The summed E-state index contributed by atoms with van der Waals surface area (Å²) >= 11 is 0. The maximum Gasteiger partial charge on any atom is 0.115 e. The van der Waals surface area contributed by atoms with E-state index < -0.39 is 0 Å². The van der Waals surface area contributed by atoms with Gasteiger partial charge in [0, 0.05) is 5.56 Å². The minimum Gasteiger partial charge on any atom is -0.508 e. The fourth-order valence-electron chi connectivity index (χ4n) is 1.80. The zero-order chi connectivity index (χ0) is 13.7. The number of hydrogen-bond donors (Lipinski definition) is 1. The van der Waals surface area contributed by atoms with Gasteiger partial charge in [0.05, 0.1) is 0 Å². The average molecular weight is 248 g/mol. The van der Waals surface area contributed by atoms with Gasteiger partial charge in [-0.3, -0.25) is 0 Å². The van der Waals surface area contributed by atoms with Gasteiger partial charge in [-0.2, -0.15) is 0 Å². The van der Waals surface area contributed by atoms with Crippen molar-refractivity contribution in [3.8, 4) is 5.75 Å². The van der Waals surface area contributed by atoms with E-state index in [0.717, 1.165) is 0 Å². The van der Waals surface area contributed by atoms with Crippen LogP contribution in [-0.2, 0) is 0 Å². The van der Waals surface area contributed by atoms with E-state index in [4.69, 9.17) is 5.11 Å². The van der Waals surface area contributed by atoms with Crippen LogP contribution in [0.4, 0.5) is 0 Å². The maximum atomic E-state index is 8.76. The molecule has 1 N–H and O–H groups in total. The van der Waals surface area contributed by atoms with Crippen molar-refractivity contribution < 1.29 is 5.11 Å². The molecule has 94 valence electrons. The van der Waals surface area contributed by atoms with E-state index in [0.29, 0.717) is 5.75 Å². The van der Waals surface area contributed by atoms with Gasteiger partial charge in [-0.15, -0.1) is 0 Å². The molecule has 3 aromatic carbocycles. The van der Waals surface area contributed by atoms with Crippen LogP contribution in [-0.4, -0.2) is 5.11 Å². The molecule has 0 aromatic heterocycles. The van der Waals surface area contributed by atoms with Gasteiger partial charge in [0.25, 0.3) is 0 Å². The van der Waals surface area contributed by atoms with Gasteiger partial charge in [0.1, 0.15) is 5.75 Å².